The van der Waals surface area contributed by atoms with Gasteiger partial charge in [-0.05, 0) is 57.5 Å². The number of phenols is 1. The van der Waals surface area contributed by atoms with Gasteiger partial charge in [-0.3, -0.25) is 28.9 Å². The molecule has 0 aromatic heterocycles. The summed E-state index contributed by atoms with van der Waals surface area (Å²) in [6.07, 6.45) is -0.00623. The molecular formula is C24H27N5O8. The highest BCUT2D eigenvalue weighted by molar-refractivity contribution is 6.32. The number of primary amides is 2. The van der Waals surface area contributed by atoms with Crippen molar-refractivity contribution in [1.29, 1.82) is 0 Å². The van der Waals surface area contributed by atoms with E-state index in [0.717, 1.165) is 0 Å². The number of benzene rings is 1. The lowest BCUT2D eigenvalue weighted by atomic mass is 9.52. The topological polar surface area (TPSA) is 223 Å². The number of hydrogen-bond donors (Lipinski definition) is 5. The fourth-order valence-corrected chi connectivity index (χ4v) is 6.14. The van der Waals surface area contributed by atoms with Gasteiger partial charge in [-0.1, -0.05) is 0 Å². The van der Waals surface area contributed by atoms with Gasteiger partial charge in [0.25, 0.3) is 0 Å². The van der Waals surface area contributed by atoms with Crippen molar-refractivity contribution in [2.24, 2.45) is 40.2 Å². The fraction of sp³-hybridized carbons (Fsp3) is 0.458. The Balaban J connectivity index is 1.86. The molecule has 4 rings (SSSR count). The van der Waals surface area contributed by atoms with E-state index in [0.29, 0.717) is 11.1 Å². The lowest BCUT2D eigenvalue weighted by molar-refractivity contribution is -0.181. The predicted molar refractivity (Wildman–Crippen MR) is 126 cm³/mol. The Hall–Kier alpha value is -3.97. The molecule has 0 bridgehead atoms. The van der Waals surface area contributed by atoms with Crippen molar-refractivity contribution >= 4 is 40.8 Å². The number of rotatable bonds is 4. The molecule has 3 aliphatic carbocycles. The number of nitrogens with two attached hydrogens (primary N) is 2. The van der Waals surface area contributed by atoms with Crippen LogP contribution in [0.3, 0.4) is 0 Å². The monoisotopic (exact) mass is 513 g/mol. The van der Waals surface area contributed by atoms with Gasteiger partial charge in [-0.15, -0.1) is 0 Å². The lowest BCUT2D eigenvalue weighted by Crippen LogP contribution is -2.74. The molecule has 6 atom stereocenters. The maximum atomic E-state index is 13.8. The molecule has 13 nitrogen and oxygen atoms in total. The van der Waals surface area contributed by atoms with Crippen molar-refractivity contribution in [3.63, 3.8) is 0 Å². The summed E-state index contributed by atoms with van der Waals surface area (Å²) in [6.45, 7) is 1.55. The van der Waals surface area contributed by atoms with Crippen LogP contribution < -0.4 is 16.9 Å². The maximum Gasteiger partial charge on any atom is 0.332 e. The van der Waals surface area contributed by atoms with Gasteiger partial charge in [-0.2, -0.15) is 5.10 Å². The van der Waals surface area contributed by atoms with E-state index in [1.807, 2.05) is 0 Å². The summed E-state index contributed by atoms with van der Waals surface area (Å²) < 4.78 is 0. The molecule has 1 aromatic rings. The maximum absolute atomic E-state index is 13.8. The molecule has 2 unspecified atom stereocenters. The Labute approximate surface area is 210 Å². The van der Waals surface area contributed by atoms with E-state index in [1.165, 1.54) is 31.1 Å². The zero-order chi connectivity index (χ0) is 27.6. The largest absolute Gasteiger partial charge is 0.507 e. The van der Waals surface area contributed by atoms with E-state index in [-0.39, 0.29) is 24.1 Å². The summed E-state index contributed by atoms with van der Waals surface area (Å²) in [5.74, 6) is -11.3. The van der Waals surface area contributed by atoms with Crippen LogP contribution in [0.25, 0.3) is 0 Å². The number of nitrogens with zero attached hydrogens (tertiary/aromatic N) is 2. The molecule has 196 valence electrons. The van der Waals surface area contributed by atoms with E-state index in [9.17, 15) is 39.0 Å². The molecule has 0 heterocycles. The SMILES string of the molecule is CC(=NNC(N)=O)c1ccc(O)c2c1C[C@H]1C[C@H]3[C@H](N(C)C)C(=O)C(C(N)=O)C(=O)[C@@]3(O)C(=O)C1C2=O. The predicted octanol–water partition coefficient (Wildman–Crippen LogP) is -1.74. The van der Waals surface area contributed by atoms with Crippen LogP contribution in [-0.4, -0.2) is 81.6 Å². The van der Waals surface area contributed by atoms with Crippen molar-refractivity contribution < 1.29 is 39.0 Å². The second-order valence-corrected chi connectivity index (χ2v) is 9.95. The molecule has 0 spiro atoms. The highest BCUT2D eigenvalue weighted by atomic mass is 16.3. The number of likely N-dealkylation sites (N-methyl/N-ethyl adjacent to an activating group) is 1. The Morgan fingerprint density at radius 3 is 2.35 bits per heavy atom. The summed E-state index contributed by atoms with van der Waals surface area (Å²) in [6, 6.07) is 0.637. The third-order valence-electron chi connectivity index (χ3n) is 7.67. The van der Waals surface area contributed by atoms with Gasteiger partial charge in [0.15, 0.2) is 34.7 Å². The number of ketones is 4. The summed E-state index contributed by atoms with van der Waals surface area (Å²) in [5.41, 5.74) is 10.6. The third kappa shape index (κ3) is 3.73. The molecule has 0 aliphatic heterocycles. The van der Waals surface area contributed by atoms with Gasteiger partial charge in [0.05, 0.1) is 23.2 Å². The zero-order valence-corrected chi connectivity index (χ0v) is 20.3. The van der Waals surface area contributed by atoms with Crippen LogP contribution in [0.1, 0.15) is 34.8 Å². The molecule has 1 aromatic carbocycles. The Morgan fingerprint density at radius 2 is 1.78 bits per heavy atom. The van der Waals surface area contributed by atoms with Crippen LogP contribution in [0.15, 0.2) is 17.2 Å². The van der Waals surface area contributed by atoms with Crippen LogP contribution >= 0.6 is 0 Å². The number of phenolic OH excluding ortho intramolecular Hbond substituents is 1. The summed E-state index contributed by atoms with van der Waals surface area (Å²) in [7, 11) is 3.02. The molecule has 0 saturated heterocycles. The number of aliphatic hydroxyl groups is 1. The van der Waals surface area contributed by atoms with Crippen molar-refractivity contribution in [2.75, 3.05) is 14.1 Å². The van der Waals surface area contributed by atoms with Gasteiger partial charge in [0.2, 0.25) is 5.91 Å². The van der Waals surface area contributed by atoms with Crippen molar-refractivity contribution in [3.05, 3.63) is 28.8 Å². The van der Waals surface area contributed by atoms with Gasteiger partial charge >= 0.3 is 6.03 Å². The van der Waals surface area contributed by atoms with Gasteiger partial charge < -0.3 is 21.7 Å². The average Bonchev–Trinajstić information content (AvgIpc) is 2.79. The van der Waals surface area contributed by atoms with Crippen LogP contribution in [0.2, 0.25) is 0 Å². The minimum Gasteiger partial charge on any atom is -0.507 e. The molecule has 7 N–H and O–H groups in total. The van der Waals surface area contributed by atoms with Crippen LogP contribution in [0.4, 0.5) is 4.79 Å². The van der Waals surface area contributed by atoms with Crippen molar-refractivity contribution in [2.45, 2.75) is 31.4 Å². The highest BCUT2D eigenvalue weighted by Crippen LogP contribution is 2.51. The number of carbonyl (C=O) groups excluding carboxylic acids is 6. The number of hydrogen-bond acceptors (Lipinski definition) is 10. The van der Waals surface area contributed by atoms with Crippen LogP contribution in [-0.2, 0) is 25.6 Å². The average molecular weight is 514 g/mol. The fourth-order valence-electron chi connectivity index (χ4n) is 6.14. The smallest absolute Gasteiger partial charge is 0.332 e. The van der Waals surface area contributed by atoms with E-state index in [2.05, 4.69) is 10.5 Å². The Bertz CT molecular complexity index is 1300. The van der Waals surface area contributed by atoms with E-state index < -0.39 is 76.1 Å². The van der Waals surface area contributed by atoms with E-state index in [4.69, 9.17) is 11.5 Å². The first kappa shape index (κ1) is 26.1. The number of urea groups is 1. The number of carbonyl (C=O) groups is 6. The molecule has 2 fully saturated rings. The van der Waals surface area contributed by atoms with Crippen molar-refractivity contribution in [3.8, 4) is 5.75 Å². The number of amides is 3. The number of nitrogens with one attached hydrogen (secondary N) is 1. The first-order chi connectivity index (χ1) is 17.2. The molecule has 3 amide bonds. The Kier molecular flexibility index (Phi) is 6.24. The second-order valence-electron chi connectivity index (χ2n) is 9.95. The number of fused-ring (bicyclic) bond motifs is 3. The molecular weight excluding hydrogens is 486 g/mol. The Morgan fingerprint density at radius 1 is 1.14 bits per heavy atom. The normalized spacial score (nSPS) is 31.5. The molecule has 2 saturated carbocycles. The first-order valence-electron chi connectivity index (χ1n) is 11.5. The number of Topliss-reactive ketones (excluding diaryl/α,β-unsaturated/α-hetero) is 4. The molecule has 0 radical (unpaired) electrons. The molecule has 13 heteroatoms. The first-order valence-corrected chi connectivity index (χ1v) is 11.5. The minimum absolute atomic E-state index is 0.0685. The van der Waals surface area contributed by atoms with E-state index >= 15 is 0 Å². The molecule has 37 heavy (non-hydrogen) atoms. The minimum atomic E-state index is -2.78. The van der Waals surface area contributed by atoms with E-state index in [1.54, 1.807) is 6.92 Å². The van der Waals surface area contributed by atoms with Gasteiger partial charge in [-0.25, -0.2) is 10.2 Å². The zero-order valence-electron chi connectivity index (χ0n) is 20.3. The summed E-state index contributed by atoms with van der Waals surface area (Å²) >= 11 is 0. The standard InChI is InChI=1S/C24H27N5O8/c1-8(27-28-23(26)36)10-4-5-13(30)15-11(10)6-9-7-12-17(29(2)3)19(32)16(22(25)35)21(34)24(12,37)20(33)14(9)18(15)31/h4-5,9,12,14,16-17,30,37H,6-7H2,1-3H3,(H2,25,35)(H3,26,28,36)/t9-,12-,14?,16?,17-,24-/m0/s1. The second kappa shape index (κ2) is 8.85. The van der Waals surface area contributed by atoms with Crippen molar-refractivity contribution in [1.82, 2.24) is 10.3 Å². The summed E-state index contributed by atoms with van der Waals surface area (Å²) in [4.78, 5) is 78.3. The van der Waals surface area contributed by atoms with Gasteiger partial charge in [0.1, 0.15) is 5.75 Å². The van der Waals surface area contributed by atoms with Gasteiger partial charge in [0, 0.05) is 11.5 Å². The number of aromatic hydroxyl groups is 1. The number of hydrazone groups is 1. The lowest BCUT2D eigenvalue weighted by Gasteiger charge is -2.52. The highest BCUT2D eigenvalue weighted by Gasteiger charge is 2.69. The quantitative estimate of drug-likeness (QED) is 0.175. The van der Waals surface area contributed by atoms with Crippen LogP contribution in [0.5, 0.6) is 5.75 Å². The molecule has 3 aliphatic rings. The van der Waals surface area contributed by atoms with Crippen LogP contribution in [0, 0.1) is 23.7 Å². The third-order valence-corrected chi connectivity index (χ3v) is 7.67. The summed E-state index contributed by atoms with van der Waals surface area (Å²) in [5, 5.41) is 26.0.